The summed E-state index contributed by atoms with van der Waals surface area (Å²) >= 11 is 0. The Kier molecular flexibility index (Phi) is 4.96. The van der Waals surface area contributed by atoms with Crippen molar-refractivity contribution in [2.75, 3.05) is 6.61 Å². The molecule has 0 bridgehead atoms. The van der Waals surface area contributed by atoms with Crippen LogP contribution in [-0.2, 0) is 0 Å². The number of pyridine rings is 1. The van der Waals surface area contributed by atoms with Gasteiger partial charge in [0.2, 0.25) is 0 Å². The standard InChI is InChI=1S/C16H20N2O2/c1-3-10-19-13-4-6-14(7-5-13)20-15-8-9-16(12(2)17)18-11-15/h4-9,11-12H,3,10,17H2,1-2H3/t12-/m0/s1. The SMILES string of the molecule is CCCOc1ccc(Oc2ccc([C@H](C)N)nc2)cc1. The van der Waals surface area contributed by atoms with E-state index in [0.29, 0.717) is 5.75 Å². The van der Waals surface area contributed by atoms with Gasteiger partial charge in [0, 0.05) is 6.04 Å². The smallest absolute Gasteiger partial charge is 0.145 e. The third-order valence-electron chi connectivity index (χ3n) is 2.76. The van der Waals surface area contributed by atoms with Crippen molar-refractivity contribution in [2.24, 2.45) is 5.73 Å². The second-order valence-electron chi connectivity index (χ2n) is 4.63. The first kappa shape index (κ1) is 14.3. The molecule has 0 aliphatic carbocycles. The number of nitrogens with zero attached hydrogens (tertiary/aromatic N) is 1. The minimum absolute atomic E-state index is 0.0703. The van der Waals surface area contributed by atoms with Crippen LogP contribution < -0.4 is 15.2 Å². The maximum atomic E-state index is 5.76. The molecule has 4 nitrogen and oxygen atoms in total. The highest BCUT2D eigenvalue weighted by atomic mass is 16.5. The van der Waals surface area contributed by atoms with Crippen molar-refractivity contribution in [2.45, 2.75) is 26.3 Å². The number of ether oxygens (including phenoxy) is 2. The average molecular weight is 272 g/mol. The molecular formula is C16H20N2O2. The Bertz CT molecular complexity index is 521. The fourth-order valence-electron chi connectivity index (χ4n) is 1.68. The maximum absolute atomic E-state index is 5.76. The van der Waals surface area contributed by atoms with Crippen molar-refractivity contribution >= 4 is 0 Å². The van der Waals surface area contributed by atoms with Gasteiger partial charge >= 0.3 is 0 Å². The van der Waals surface area contributed by atoms with Crippen molar-refractivity contribution < 1.29 is 9.47 Å². The molecule has 0 spiro atoms. The zero-order valence-electron chi connectivity index (χ0n) is 11.9. The monoisotopic (exact) mass is 272 g/mol. The Morgan fingerprint density at radius 1 is 1.05 bits per heavy atom. The lowest BCUT2D eigenvalue weighted by atomic mass is 10.2. The first-order valence-corrected chi connectivity index (χ1v) is 6.81. The minimum Gasteiger partial charge on any atom is -0.494 e. The highest BCUT2D eigenvalue weighted by Crippen LogP contribution is 2.24. The molecule has 0 saturated carbocycles. The Hall–Kier alpha value is -2.07. The van der Waals surface area contributed by atoms with E-state index in [-0.39, 0.29) is 6.04 Å². The quantitative estimate of drug-likeness (QED) is 0.871. The van der Waals surface area contributed by atoms with Gasteiger partial charge in [0.05, 0.1) is 18.5 Å². The lowest BCUT2D eigenvalue weighted by Gasteiger charge is -2.09. The van der Waals surface area contributed by atoms with E-state index in [4.69, 9.17) is 15.2 Å². The molecule has 0 amide bonds. The van der Waals surface area contributed by atoms with E-state index >= 15 is 0 Å². The van der Waals surface area contributed by atoms with E-state index in [1.165, 1.54) is 0 Å². The van der Waals surface area contributed by atoms with Crippen molar-refractivity contribution in [3.05, 3.63) is 48.3 Å². The summed E-state index contributed by atoms with van der Waals surface area (Å²) in [6.07, 6.45) is 2.68. The number of aromatic nitrogens is 1. The first-order chi connectivity index (χ1) is 9.69. The van der Waals surface area contributed by atoms with Gasteiger partial charge in [-0.15, -0.1) is 0 Å². The first-order valence-electron chi connectivity index (χ1n) is 6.81. The summed E-state index contributed by atoms with van der Waals surface area (Å²) in [5.74, 6) is 2.30. The fourth-order valence-corrected chi connectivity index (χ4v) is 1.68. The lowest BCUT2D eigenvalue weighted by Crippen LogP contribution is -2.06. The van der Waals surface area contributed by atoms with Crippen LogP contribution in [0.25, 0.3) is 0 Å². The summed E-state index contributed by atoms with van der Waals surface area (Å²) in [6, 6.07) is 11.2. The van der Waals surface area contributed by atoms with E-state index in [0.717, 1.165) is 30.2 Å². The van der Waals surface area contributed by atoms with E-state index in [2.05, 4.69) is 11.9 Å². The van der Waals surface area contributed by atoms with E-state index < -0.39 is 0 Å². The zero-order valence-corrected chi connectivity index (χ0v) is 11.9. The van der Waals surface area contributed by atoms with Crippen LogP contribution in [0.15, 0.2) is 42.6 Å². The van der Waals surface area contributed by atoms with E-state index in [9.17, 15) is 0 Å². The maximum Gasteiger partial charge on any atom is 0.145 e. The molecule has 20 heavy (non-hydrogen) atoms. The molecule has 4 heteroatoms. The van der Waals surface area contributed by atoms with Gasteiger partial charge in [-0.2, -0.15) is 0 Å². The fraction of sp³-hybridized carbons (Fsp3) is 0.312. The van der Waals surface area contributed by atoms with Crippen LogP contribution in [0.4, 0.5) is 0 Å². The lowest BCUT2D eigenvalue weighted by molar-refractivity contribution is 0.317. The largest absolute Gasteiger partial charge is 0.494 e. The average Bonchev–Trinajstić information content (AvgIpc) is 2.47. The molecular weight excluding hydrogens is 252 g/mol. The molecule has 0 radical (unpaired) electrons. The van der Waals surface area contributed by atoms with Gasteiger partial charge in [-0.1, -0.05) is 6.92 Å². The van der Waals surface area contributed by atoms with Crippen LogP contribution in [0.3, 0.4) is 0 Å². The summed E-state index contributed by atoms with van der Waals surface area (Å²) in [4.78, 5) is 4.26. The van der Waals surface area contributed by atoms with Crippen LogP contribution in [0.1, 0.15) is 32.0 Å². The molecule has 1 aromatic heterocycles. The van der Waals surface area contributed by atoms with Crippen LogP contribution in [-0.4, -0.2) is 11.6 Å². The summed E-state index contributed by atoms with van der Waals surface area (Å²) < 4.78 is 11.2. The predicted molar refractivity (Wildman–Crippen MR) is 79.1 cm³/mol. The summed E-state index contributed by atoms with van der Waals surface area (Å²) in [7, 11) is 0. The second-order valence-corrected chi connectivity index (χ2v) is 4.63. The number of hydrogen-bond donors (Lipinski definition) is 1. The Morgan fingerprint density at radius 2 is 1.70 bits per heavy atom. The molecule has 1 heterocycles. The number of hydrogen-bond acceptors (Lipinski definition) is 4. The number of nitrogens with two attached hydrogens (primary N) is 1. The minimum atomic E-state index is -0.0703. The molecule has 1 atom stereocenters. The molecule has 2 aromatic rings. The highest BCUT2D eigenvalue weighted by Gasteiger charge is 2.02. The van der Waals surface area contributed by atoms with Crippen LogP contribution in [0, 0.1) is 0 Å². The van der Waals surface area contributed by atoms with Gasteiger partial charge in [-0.3, -0.25) is 4.98 Å². The van der Waals surface area contributed by atoms with Crippen LogP contribution >= 0.6 is 0 Å². The molecule has 0 aliphatic heterocycles. The van der Waals surface area contributed by atoms with Gasteiger partial charge in [0.25, 0.3) is 0 Å². The molecule has 106 valence electrons. The number of rotatable bonds is 6. The van der Waals surface area contributed by atoms with Gasteiger partial charge in [-0.05, 0) is 49.7 Å². The molecule has 0 aliphatic rings. The van der Waals surface area contributed by atoms with Crippen molar-refractivity contribution in [3.63, 3.8) is 0 Å². The molecule has 0 fully saturated rings. The van der Waals surface area contributed by atoms with Gasteiger partial charge in [0.1, 0.15) is 17.2 Å². The van der Waals surface area contributed by atoms with Crippen molar-refractivity contribution in [1.82, 2.24) is 4.98 Å². The third kappa shape index (κ3) is 3.96. The Balaban J connectivity index is 1.98. The third-order valence-corrected chi connectivity index (χ3v) is 2.76. The Labute approximate surface area is 119 Å². The molecule has 0 unspecified atom stereocenters. The van der Waals surface area contributed by atoms with Gasteiger partial charge in [-0.25, -0.2) is 0 Å². The zero-order chi connectivity index (χ0) is 14.4. The normalized spacial score (nSPS) is 11.9. The van der Waals surface area contributed by atoms with Crippen LogP contribution in [0.5, 0.6) is 17.2 Å². The molecule has 2 N–H and O–H groups in total. The summed E-state index contributed by atoms with van der Waals surface area (Å²) in [5, 5.41) is 0. The molecule has 0 saturated heterocycles. The van der Waals surface area contributed by atoms with Crippen molar-refractivity contribution in [3.8, 4) is 17.2 Å². The highest BCUT2D eigenvalue weighted by molar-refractivity contribution is 5.34. The van der Waals surface area contributed by atoms with E-state index in [1.807, 2.05) is 43.3 Å². The summed E-state index contributed by atoms with van der Waals surface area (Å²) in [6.45, 7) is 4.71. The van der Waals surface area contributed by atoms with Gasteiger partial charge < -0.3 is 15.2 Å². The second kappa shape index (κ2) is 6.91. The molecule has 2 rings (SSSR count). The van der Waals surface area contributed by atoms with Crippen LogP contribution in [0.2, 0.25) is 0 Å². The van der Waals surface area contributed by atoms with Crippen molar-refractivity contribution in [1.29, 1.82) is 0 Å². The van der Waals surface area contributed by atoms with E-state index in [1.54, 1.807) is 6.20 Å². The predicted octanol–water partition coefficient (Wildman–Crippen LogP) is 3.68. The van der Waals surface area contributed by atoms with Gasteiger partial charge in [0.15, 0.2) is 0 Å². The topological polar surface area (TPSA) is 57.4 Å². The Morgan fingerprint density at radius 3 is 2.25 bits per heavy atom. The summed E-state index contributed by atoms with van der Waals surface area (Å²) in [5.41, 5.74) is 6.60. The molecule has 1 aromatic carbocycles. The number of benzene rings is 1.